The second-order valence-corrected chi connectivity index (χ2v) is 5.19. The number of nitrogens with zero attached hydrogens (tertiary/aromatic N) is 2. The molecule has 19 heavy (non-hydrogen) atoms. The van der Waals surface area contributed by atoms with Crippen LogP contribution in [0.3, 0.4) is 0 Å². The number of likely N-dealkylation sites (N-methyl/N-ethyl adjacent to an activating group) is 1. The van der Waals surface area contributed by atoms with Gasteiger partial charge in [-0.1, -0.05) is 44.2 Å². The van der Waals surface area contributed by atoms with E-state index in [0.717, 1.165) is 32.6 Å². The lowest BCUT2D eigenvalue weighted by atomic mass is 10.1. The van der Waals surface area contributed by atoms with Crippen LogP contribution in [-0.2, 0) is 11.3 Å². The molecule has 1 saturated heterocycles. The normalized spacial score (nSPS) is 19.4. The smallest absolute Gasteiger partial charge is 0.223 e. The highest BCUT2D eigenvalue weighted by Gasteiger charge is 2.31. The fourth-order valence-corrected chi connectivity index (χ4v) is 2.76. The average Bonchev–Trinajstić information content (AvgIpc) is 2.78. The third-order valence-corrected chi connectivity index (χ3v) is 4.01. The van der Waals surface area contributed by atoms with E-state index in [-0.39, 0.29) is 0 Å². The van der Waals surface area contributed by atoms with E-state index in [9.17, 15) is 4.79 Å². The van der Waals surface area contributed by atoms with Gasteiger partial charge in [0.1, 0.15) is 0 Å². The molecule has 1 heterocycles. The Hall–Kier alpha value is -1.35. The van der Waals surface area contributed by atoms with Crippen molar-refractivity contribution in [2.75, 3.05) is 19.6 Å². The molecule has 0 aliphatic carbocycles. The highest BCUT2D eigenvalue weighted by atomic mass is 16.2. The van der Waals surface area contributed by atoms with Gasteiger partial charge in [-0.05, 0) is 25.1 Å². The molecule has 1 aliphatic heterocycles. The van der Waals surface area contributed by atoms with Crippen LogP contribution in [0.5, 0.6) is 0 Å². The van der Waals surface area contributed by atoms with Crippen LogP contribution in [0.4, 0.5) is 0 Å². The van der Waals surface area contributed by atoms with Crippen LogP contribution in [0, 0.1) is 0 Å². The van der Waals surface area contributed by atoms with Crippen LogP contribution in [0.2, 0.25) is 0 Å². The molecule has 2 rings (SSSR count). The van der Waals surface area contributed by atoms with Gasteiger partial charge in [-0.25, -0.2) is 0 Å². The molecule has 1 atom stereocenters. The monoisotopic (exact) mass is 260 g/mol. The Labute approximate surface area is 116 Å². The second kappa shape index (κ2) is 6.71. The lowest BCUT2D eigenvalue weighted by molar-refractivity contribution is -0.129. The van der Waals surface area contributed by atoms with Crippen LogP contribution in [-0.4, -0.2) is 41.4 Å². The van der Waals surface area contributed by atoms with Gasteiger partial charge in [-0.2, -0.15) is 0 Å². The van der Waals surface area contributed by atoms with Gasteiger partial charge in [0.05, 0.1) is 0 Å². The van der Waals surface area contributed by atoms with E-state index >= 15 is 0 Å². The maximum atomic E-state index is 12.1. The summed E-state index contributed by atoms with van der Waals surface area (Å²) in [5.74, 6) is 0.306. The standard InChI is InChI=1S/C16H24N2O/c1-3-17(4-2)13-15-10-11-16(19)18(15)12-14-8-6-5-7-9-14/h5-9,15H,3-4,10-13H2,1-2H3. The van der Waals surface area contributed by atoms with Gasteiger partial charge >= 0.3 is 0 Å². The van der Waals surface area contributed by atoms with E-state index in [2.05, 4.69) is 35.8 Å². The lowest BCUT2D eigenvalue weighted by Crippen LogP contribution is -2.41. The quantitative estimate of drug-likeness (QED) is 0.784. The second-order valence-electron chi connectivity index (χ2n) is 5.19. The molecule has 104 valence electrons. The Bertz CT molecular complexity index is 400. The number of benzene rings is 1. The summed E-state index contributed by atoms with van der Waals surface area (Å²) in [6, 6.07) is 10.7. The Kier molecular flexibility index (Phi) is 4.97. The van der Waals surface area contributed by atoms with Crippen molar-refractivity contribution in [3.8, 4) is 0 Å². The fourth-order valence-electron chi connectivity index (χ4n) is 2.76. The summed E-state index contributed by atoms with van der Waals surface area (Å²) < 4.78 is 0. The number of likely N-dealkylation sites (tertiary alicyclic amines) is 1. The topological polar surface area (TPSA) is 23.6 Å². The first-order valence-corrected chi connectivity index (χ1v) is 7.30. The summed E-state index contributed by atoms with van der Waals surface area (Å²) in [7, 11) is 0. The Balaban J connectivity index is 2.01. The van der Waals surface area contributed by atoms with Crippen LogP contribution < -0.4 is 0 Å². The van der Waals surface area contributed by atoms with E-state index in [0.29, 0.717) is 18.4 Å². The summed E-state index contributed by atoms with van der Waals surface area (Å²) in [5, 5.41) is 0. The van der Waals surface area contributed by atoms with Crippen LogP contribution in [0.1, 0.15) is 32.3 Å². The van der Waals surface area contributed by atoms with Crippen LogP contribution in [0.15, 0.2) is 30.3 Å². The van der Waals surface area contributed by atoms with E-state index in [1.54, 1.807) is 0 Å². The minimum absolute atomic E-state index is 0.306. The number of amides is 1. The molecule has 3 nitrogen and oxygen atoms in total. The summed E-state index contributed by atoms with van der Waals surface area (Å²) >= 11 is 0. The SMILES string of the molecule is CCN(CC)CC1CCC(=O)N1Cc1ccccc1. The molecule has 1 aromatic carbocycles. The molecular formula is C16H24N2O. The zero-order valence-corrected chi connectivity index (χ0v) is 12.0. The van der Waals surface area contributed by atoms with Crippen molar-refractivity contribution < 1.29 is 4.79 Å². The van der Waals surface area contributed by atoms with E-state index < -0.39 is 0 Å². The van der Waals surface area contributed by atoms with E-state index in [1.807, 2.05) is 18.2 Å². The van der Waals surface area contributed by atoms with Gasteiger partial charge in [0.2, 0.25) is 5.91 Å². The maximum absolute atomic E-state index is 12.1. The molecule has 1 amide bonds. The van der Waals surface area contributed by atoms with Crippen molar-refractivity contribution in [1.82, 2.24) is 9.80 Å². The van der Waals surface area contributed by atoms with Crippen molar-refractivity contribution >= 4 is 5.91 Å². The first-order valence-electron chi connectivity index (χ1n) is 7.30. The van der Waals surface area contributed by atoms with Crippen molar-refractivity contribution in [2.45, 2.75) is 39.3 Å². The number of hydrogen-bond acceptors (Lipinski definition) is 2. The molecule has 0 saturated carbocycles. The molecule has 0 radical (unpaired) electrons. The first-order chi connectivity index (χ1) is 9.24. The molecule has 0 N–H and O–H groups in total. The Morgan fingerprint density at radius 3 is 2.53 bits per heavy atom. The number of carbonyl (C=O) groups excluding carboxylic acids is 1. The molecule has 0 aromatic heterocycles. The minimum Gasteiger partial charge on any atom is -0.334 e. The molecular weight excluding hydrogens is 236 g/mol. The summed E-state index contributed by atoms with van der Waals surface area (Å²) in [5.41, 5.74) is 1.22. The maximum Gasteiger partial charge on any atom is 0.223 e. The minimum atomic E-state index is 0.306. The largest absolute Gasteiger partial charge is 0.334 e. The van der Waals surface area contributed by atoms with Gasteiger partial charge < -0.3 is 9.80 Å². The van der Waals surface area contributed by atoms with E-state index in [4.69, 9.17) is 0 Å². The van der Waals surface area contributed by atoms with Gasteiger partial charge in [-0.15, -0.1) is 0 Å². The molecule has 0 bridgehead atoms. The summed E-state index contributed by atoms with van der Waals surface area (Å²) in [6.45, 7) is 8.24. The third-order valence-electron chi connectivity index (χ3n) is 4.01. The number of rotatable bonds is 6. The Morgan fingerprint density at radius 2 is 1.89 bits per heavy atom. The van der Waals surface area contributed by atoms with Gasteiger partial charge in [-0.3, -0.25) is 4.79 Å². The highest BCUT2D eigenvalue weighted by molar-refractivity contribution is 5.78. The predicted octanol–water partition coefficient (Wildman–Crippen LogP) is 2.52. The molecule has 3 heteroatoms. The molecule has 1 aliphatic rings. The van der Waals surface area contributed by atoms with Crippen molar-refractivity contribution in [3.05, 3.63) is 35.9 Å². The molecule has 1 unspecified atom stereocenters. The lowest BCUT2D eigenvalue weighted by Gasteiger charge is -2.29. The fraction of sp³-hybridized carbons (Fsp3) is 0.562. The number of hydrogen-bond donors (Lipinski definition) is 0. The van der Waals surface area contributed by atoms with Gasteiger partial charge in [0.15, 0.2) is 0 Å². The van der Waals surface area contributed by atoms with Crippen molar-refractivity contribution in [3.63, 3.8) is 0 Å². The first kappa shape index (κ1) is 14.1. The molecule has 1 aromatic rings. The zero-order valence-electron chi connectivity index (χ0n) is 12.0. The predicted molar refractivity (Wildman–Crippen MR) is 77.8 cm³/mol. The number of carbonyl (C=O) groups is 1. The van der Waals surface area contributed by atoms with Crippen molar-refractivity contribution in [1.29, 1.82) is 0 Å². The van der Waals surface area contributed by atoms with Crippen LogP contribution >= 0.6 is 0 Å². The summed E-state index contributed by atoms with van der Waals surface area (Å²) in [6.07, 6.45) is 1.71. The van der Waals surface area contributed by atoms with E-state index in [1.165, 1.54) is 5.56 Å². The average molecular weight is 260 g/mol. The van der Waals surface area contributed by atoms with Gasteiger partial charge in [0.25, 0.3) is 0 Å². The van der Waals surface area contributed by atoms with Crippen molar-refractivity contribution in [2.24, 2.45) is 0 Å². The highest BCUT2D eigenvalue weighted by Crippen LogP contribution is 2.22. The third kappa shape index (κ3) is 3.57. The van der Waals surface area contributed by atoms with Crippen LogP contribution in [0.25, 0.3) is 0 Å². The Morgan fingerprint density at radius 1 is 1.21 bits per heavy atom. The zero-order chi connectivity index (χ0) is 13.7. The molecule has 0 spiro atoms. The van der Waals surface area contributed by atoms with Gasteiger partial charge in [0, 0.05) is 25.6 Å². The molecule has 1 fully saturated rings. The summed E-state index contributed by atoms with van der Waals surface area (Å²) in [4.78, 5) is 16.5.